The SMILES string of the molecule is CSCCC(NC(=O)c1ccco1)C(=O)NCc1ccccc1S(=O)(=O)N(C)C. The highest BCUT2D eigenvalue weighted by molar-refractivity contribution is 7.98. The molecule has 2 rings (SSSR count). The van der Waals surface area contributed by atoms with Gasteiger partial charge >= 0.3 is 0 Å². The number of thioether (sulfide) groups is 1. The van der Waals surface area contributed by atoms with E-state index in [0.29, 0.717) is 17.7 Å². The molecule has 1 unspecified atom stereocenters. The quantitative estimate of drug-likeness (QED) is 0.583. The molecule has 1 aromatic carbocycles. The molecule has 0 saturated carbocycles. The maximum absolute atomic E-state index is 12.7. The molecular weight excluding hydrogens is 414 g/mol. The van der Waals surface area contributed by atoms with Gasteiger partial charge in [-0.15, -0.1) is 0 Å². The Bertz CT molecular complexity index is 927. The van der Waals surface area contributed by atoms with E-state index in [1.807, 2.05) is 6.26 Å². The van der Waals surface area contributed by atoms with Gasteiger partial charge in [0, 0.05) is 20.6 Å². The lowest BCUT2D eigenvalue weighted by molar-refractivity contribution is -0.123. The van der Waals surface area contributed by atoms with Crippen LogP contribution in [0.15, 0.2) is 52.0 Å². The summed E-state index contributed by atoms with van der Waals surface area (Å²) in [5.74, 6) is -0.0838. The fourth-order valence-electron chi connectivity index (χ4n) is 2.55. The average molecular weight is 440 g/mol. The average Bonchev–Trinajstić information content (AvgIpc) is 3.24. The van der Waals surface area contributed by atoms with Crippen molar-refractivity contribution in [1.82, 2.24) is 14.9 Å². The largest absolute Gasteiger partial charge is 0.459 e. The molecule has 0 aliphatic heterocycles. The van der Waals surface area contributed by atoms with Gasteiger partial charge in [0.05, 0.1) is 11.2 Å². The molecule has 2 N–H and O–H groups in total. The molecule has 0 saturated heterocycles. The molecule has 1 aromatic heterocycles. The van der Waals surface area contributed by atoms with Gasteiger partial charge in [-0.05, 0) is 42.2 Å². The minimum atomic E-state index is -3.64. The number of hydrogen-bond donors (Lipinski definition) is 2. The van der Waals surface area contributed by atoms with Crippen molar-refractivity contribution in [2.24, 2.45) is 0 Å². The van der Waals surface area contributed by atoms with Crippen LogP contribution in [0.3, 0.4) is 0 Å². The molecule has 0 fully saturated rings. The van der Waals surface area contributed by atoms with Gasteiger partial charge in [0.2, 0.25) is 15.9 Å². The minimum Gasteiger partial charge on any atom is -0.459 e. The number of carbonyl (C=O) groups excluding carboxylic acids is 2. The molecule has 1 heterocycles. The lowest BCUT2D eigenvalue weighted by Gasteiger charge is -2.19. The molecule has 0 spiro atoms. The first-order valence-corrected chi connectivity index (χ1v) is 11.7. The van der Waals surface area contributed by atoms with E-state index < -0.39 is 27.9 Å². The summed E-state index contributed by atoms with van der Waals surface area (Å²) in [6, 6.07) is 8.83. The van der Waals surface area contributed by atoms with Crippen molar-refractivity contribution in [3.8, 4) is 0 Å². The maximum atomic E-state index is 12.7. The highest BCUT2D eigenvalue weighted by atomic mass is 32.2. The van der Waals surface area contributed by atoms with E-state index in [-0.39, 0.29) is 17.2 Å². The van der Waals surface area contributed by atoms with E-state index in [1.54, 1.807) is 36.0 Å². The Morgan fingerprint density at radius 3 is 2.52 bits per heavy atom. The molecule has 158 valence electrons. The number of furan rings is 1. The number of carbonyl (C=O) groups is 2. The van der Waals surface area contributed by atoms with Gasteiger partial charge < -0.3 is 15.1 Å². The number of rotatable bonds is 10. The molecule has 0 aliphatic rings. The zero-order chi connectivity index (χ0) is 21.4. The molecule has 2 amide bonds. The first-order chi connectivity index (χ1) is 13.8. The zero-order valence-electron chi connectivity index (χ0n) is 16.5. The topological polar surface area (TPSA) is 109 Å². The lowest BCUT2D eigenvalue weighted by Crippen LogP contribution is -2.46. The lowest BCUT2D eigenvalue weighted by atomic mass is 10.1. The molecule has 8 nitrogen and oxygen atoms in total. The first-order valence-electron chi connectivity index (χ1n) is 8.88. The van der Waals surface area contributed by atoms with Crippen molar-refractivity contribution in [1.29, 1.82) is 0 Å². The van der Waals surface area contributed by atoms with Crippen LogP contribution in [0.1, 0.15) is 22.5 Å². The van der Waals surface area contributed by atoms with Crippen LogP contribution in [-0.2, 0) is 21.4 Å². The number of hydrogen-bond acceptors (Lipinski definition) is 6. The van der Waals surface area contributed by atoms with E-state index in [0.717, 1.165) is 4.31 Å². The van der Waals surface area contributed by atoms with Crippen molar-refractivity contribution in [2.75, 3.05) is 26.1 Å². The van der Waals surface area contributed by atoms with E-state index >= 15 is 0 Å². The Balaban J connectivity index is 2.11. The Kier molecular flexibility index (Phi) is 8.30. The van der Waals surface area contributed by atoms with Crippen LogP contribution in [0.25, 0.3) is 0 Å². The van der Waals surface area contributed by atoms with Crippen LogP contribution >= 0.6 is 11.8 Å². The molecule has 0 aliphatic carbocycles. The third-order valence-corrected chi connectivity index (χ3v) is 6.72. The number of nitrogens with one attached hydrogen (secondary N) is 2. The van der Waals surface area contributed by atoms with E-state index in [9.17, 15) is 18.0 Å². The molecule has 1 atom stereocenters. The third kappa shape index (κ3) is 6.09. The molecular formula is C19H25N3O5S2. The summed E-state index contributed by atoms with van der Waals surface area (Å²) in [4.78, 5) is 25.1. The summed E-state index contributed by atoms with van der Waals surface area (Å²) in [7, 11) is -0.739. The van der Waals surface area contributed by atoms with Gasteiger partial charge in [-0.1, -0.05) is 18.2 Å². The minimum absolute atomic E-state index is 0.0223. The summed E-state index contributed by atoms with van der Waals surface area (Å²) < 4.78 is 31.2. The highest BCUT2D eigenvalue weighted by Crippen LogP contribution is 2.18. The zero-order valence-corrected chi connectivity index (χ0v) is 18.2. The number of sulfonamides is 1. The van der Waals surface area contributed by atoms with Crippen LogP contribution in [0.2, 0.25) is 0 Å². The van der Waals surface area contributed by atoms with Crippen molar-refractivity contribution >= 4 is 33.6 Å². The number of nitrogens with zero attached hydrogens (tertiary/aromatic N) is 1. The van der Waals surface area contributed by atoms with Crippen LogP contribution in [-0.4, -0.2) is 56.7 Å². The van der Waals surface area contributed by atoms with Crippen molar-refractivity contribution < 1.29 is 22.4 Å². The summed E-state index contributed by atoms with van der Waals surface area (Å²) in [5, 5.41) is 5.40. The van der Waals surface area contributed by atoms with Crippen LogP contribution in [0.4, 0.5) is 0 Å². The predicted molar refractivity (Wildman–Crippen MR) is 112 cm³/mol. The predicted octanol–water partition coefficient (Wildman–Crippen LogP) is 1.70. The second kappa shape index (κ2) is 10.5. The van der Waals surface area contributed by atoms with Gasteiger partial charge in [-0.25, -0.2) is 12.7 Å². The van der Waals surface area contributed by atoms with Crippen LogP contribution < -0.4 is 10.6 Å². The smallest absolute Gasteiger partial charge is 0.287 e. The second-order valence-corrected chi connectivity index (χ2v) is 9.50. The Hall–Kier alpha value is -2.30. The molecule has 10 heteroatoms. The van der Waals surface area contributed by atoms with Crippen molar-refractivity contribution in [3.05, 3.63) is 54.0 Å². The van der Waals surface area contributed by atoms with Crippen molar-refractivity contribution in [3.63, 3.8) is 0 Å². The normalized spacial score (nSPS) is 12.6. The van der Waals surface area contributed by atoms with Gasteiger partial charge in [0.1, 0.15) is 6.04 Å². The fraction of sp³-hybridized carbons (Fsp3) is 0.368. The van der Waals surface area contributed by atoms with E-state index in [4.69, 9.17) is 4.42 Å². The molecule has 0 bridgehead atoms. The van der Waals surface area contributed by atoms with Gasteiger partial charge in [-0.3, -0.25) is 9.59 Å². The summed E-state index contributed by atoms with van der Waals surface area (Å²) in [6.45, 7) is 0.0223. The third-order valence-electron chi connectivity index (χ3n) is 4.16. The van der Waals surface area contributed by atoms with Gasteiger partial charge in [0.25, 0.3) is 5.91 Å². The van der Waals surface area contributed by atoms with Gasteiger partial charge in [-0.2, -0.15) is 11.8 Å². The highest BCUT2D eigenvalue weighted by Gasteiger charge is 2.24. The maximum Gasteiger partial charge on any atom is 0.287 e. The summed E-state index contributed by atoms with van der Waals surface area (Å²) in [6.07, 6.45) is 3.72. The molecule has 0 radical (unpaired) electrons. The standard InChI is InChI=1S/C19H25N3O5S2/c1-22(2)29(25,26)17-9-5-4-7-14(17)13-20-18(23)15(10-12-28-3)21-19(24)16-8-6-11-27-16/h4-9,11,15H,10,12-13H2,1-3H3,(H,20,23)(H,21,24). The fourth-order valence-corrected chi connectivity index (χ4v) is 4.13. The molecule has 29 heavy (non-hydrogen) atoms. The Labute approximate surface area is 175 Å². The second-order valence-electron chi connectivity index (χ2n) is 6.40. The Morgan fingerprint density at radius 1 is 1.17 bits per heavy atom. The van der Waals surface area contributed by atoms with Gasteiger partial charge in [0.15, 0.2) is 5.76 Å². The number of benzene rings is 1. The first kappa shape index (κ1) is 23.0. The summed E-state index contributed by atoms with van der Waals surface area (Å²) in [5.41, 5.74) is 0.468. The Morgan fingerprint density at radius 2 is 1.90 bits per heavy atom. The number of amides is 2. The van der Waals surface area contributed by atoms with E-state index in [1.165, 1.54) is 32.5 Å². The van der Waals surface area contributed by atoms with Crippen molar-refractivity contribution in [2.45, 2.75) is 23.9 Å². The summed E-state index contributed by atoms with van der Waals surface area (Å²) >= 11 is 1.56. The van der Waals surface area contributed by atoms with E-state index in [2.05, 4.69) is 10.6 Å². The monoisotopic (exact) mass is 439 g/mol. The van der Waals surface area contributed by atoms with Crippen LogP contribution in [0, 0.1) is 0 Å². The van der Waals surface area contributed by atoms with Crippen LogP contribution in [0.5, 0.6) is 0 Å². The molecule has 2 aromatic rings.